The Morgan fingerprint density at radius 1 is 1.14 bits per heavy atom. The minimum absolute atomic E-state index is 0.0929. The van der Waals surface area contributed by atoms with Crippen molar-refractivity contribution in [3.8, 4) is 5.69 Å². The number of carbonyl (C=O) groups is 2. The van der Waals surface area contributed by atoms with Crippen LogP contribution in [0.25, 0.3) is 5.69 Å². The van der Waals surface area contributed by atoms with Crippen molar-refractivity contribution in [1.29, 1.82) is 0 Å². The van der Waals surface area contributed by atoms with E-state index in [9.17, 15) is 18.4 Å². The molecule has 0 radical (unpaired) electrons. The molecule has 8 nitrogen and oxygen atoms in total. The molecule has 2 aromatic carbocycles. The van der Waals surface area contributed by atoms with Crippen molar-refractivity contribution in [2.75, 3.05) is 11.9 Å². The second-order valence-corrected chi connectivity index (χ2v) is 9.43. The molecule has 0 aliphatic heterocycles. The topological polar surface area (TPSA) is 98.1 Å². The van der Waals surface area contributed by atoms with Crippen LogP contribution in [-0.4, -0.2) is 45.1 Å². The normalized spacial score (nSPS) is 12.3. The number of anilines is 1. The highest BCUT2D eigenvalue weighted by Gasteiger charge is 2.27. The number of hydrogen-bond acceptors (Lipinski definition) is 6. The number of amides is 1. The summed E-state index contributed by atoms with van der Waals surface area (Å²) >= 11 is 11.9. The maximum absolute atomic E-state index is 14.2. The van der Waals surface area contributed by atoms with Gasteiger partial charge in [-0.05, 0) is 50.6 Å². The number of aromatic nitrogens is 3. The van der Waals surface area contributed by atoms with Gasteiger partial charge in [-0.2, -0.15) is 0 Å². The fourth-order valence-electron chi connectivity index (χ4n) is 3.10. The summed E-state index contributed by atoms with van der Waals surface area (Å²) < 4.78 is 34.3. The Hall–Kier alpha value is -3.08. The van der Waals surface area contributed by atoms with E-state index in [1.165, 1.54) is 23.0 Å². The van der Waals surface area contributed by atoms with E-state index in [0.717, 1.165) is 12.1 Å². The van der Waals surface area contributed by atoms with Crippen molar-refractivity contribution >= 4 is 40.8 Å². The molecule has 1 aromatic heterocycles. The van der Waals surface area contributed by atoms with Gasteiger partial charge in [-0.25, -0.2) is 13.5 Å². The minimum Gasteiger partial charge on any atom is -0.459 e. The number of benzene rings is 2. The Labute approximate surface area is 210 Å². The van der Waals surface area contributed by atoms with Gasteiger partial charge in [-0.1, -0.05) is 34.5 Å². The number of nitrogens with one attached hydrogen (secondary N) is 2. The lowest BCUT2D eigenvalue weighted by atomic mass is 10.0. The lowest BCUT2D eigenvalue weighted by molar-refractivity contribution is -0.157. The van der Waals surface area contributed by atoms with Crippen molar-refractivity contribution in [2.45, 2.75) is 38.8 Å². The van der Waals surface area contributed by atoms with Gasteiger partial charge in [0.2, 0.25) is 5.91 Å². The van der Waals surface area contributed by atoms with E-state index >= 15 is 0 Å². The molecule has 12 heteroatoms. The van der Waals surface area contributed by atoms with Crippen LogP contribution in [0.1, 0.15) is 26.3 Å². The van der Waals surface area contributed by atoms with Gasteiger partial charge < -0.3 is 10.1 Å². The number of carbonyl (C=O) groups excluding carboxylic acids is 2. The molecule has 1 heterocycles. The quantitative estimate of drug-likeness (QED) is 0.424. The number of nitrogens with zero attached hydrogens (tertiary/aromatic N) is 3. The summed E-state index contributed by atoms with van der Waals surface area (Å²) in [6.07, 6.45) is 1.29. The Bertz CT molecular complexity index is 1230. The summed E-state index contributed by atoms with van der Waals surface area (Å²) in [5, 5.41) is 13.6. The maximum atomic E-state index is 14.2. The second kappa shape index (κ2) is 11.1. The summed E-state index contributed by atoms with van der Waals surface area (Å²) in [5.74, 6) is -2.75. The summed E-state index contributed by atoms with van der Waals surface area (Å²) in [6.45, 7) is 4.73. The largest absolute Gasteiger partial charge is 0.459 e. The number of ether oxygens (including phenoxy) is 1. The standard InChI is InChI=1S/C23H23Cl2F2N5O3/c1-23(2,3)35-22(34)18(8-13-4-6-15(26)10-16(13)27)28-11-21(33)29-17-9-14(24)5-7-19(17)32-12-20(25)30-31-32/h4-7,9-10,12,18,28H,8,11H2,1-3H3,(H,29,33). The van der Waals surface area contributed by atoms with Gasteiger partial charge in [0.25, 0.3) is 0 Å². The third-order valence-corrected chi connectivity index (χ3v) is 4.99. The molecule has 0 aliphatic rings. The number of hydrogen-bond donors (Lipinski definition) is 2. The molecule has 3 aromatic rings. The van der Waals surface area contributed by atoms with Crippen molar-refractivity contribution in [1.82, 2.24) is 20.3 Å². The van der Waals surface area contributed by atoms with E-state index in [1.54, 1.807) is 32.9 Å². The molecular weight excluding hydrogens is 503 g/mol. The SMILES string of the molecule is CC(C)(C)OC(=O)C(Cc1ccc(F)cc1F)NCC(=O)Nc1cc(Cl)ccc1-n1cc(Cl)nn1. The first-order valence-corrected chi connectivity index (χ1v) is 11.2. The number of rotatable bonds is 8. The highest BCUT2D eigenvalue weighted by molar-refractivity contribution is 6.31. The van der Waals surface area contributed by atoms with Crippen molar-refractivity contribution in [2.24, 2.45) is 0 Å². The first-order chi connectivity index (χ1) is 16.4. The van der Waals surface area contributed by atoms with E-state index in [2.05, 4.69) is 20.9 Å². The van der Waals surface area contributed by atoms with Crippen molar-refractivity contribution in [3.63, 3.8) is 0 Å². The number of halogens is 4. The molecule has 3 rings (SSSR count). The van der Waals surface area contributed by atoms with Crippen molar-refractivity contribution < 1.29 is 23.1 Å². The summed E-state index contributed by atoms with van der Waals surface area (Å²) in [6, 6.07) is 6.73. The van der Waals surface area contributed by atoms with Gasteiger partial charge in [-0.15, -0.1) is 5.10 Å². The fraction of sp³-hybridized carbons (Fsp3) is 0.304. The lowest BCUT2D eigenvalue weighted by Crippen LogP contribution is -2.45. The third kappa shape index (κ3) is 7.71. The molecular formula is C23H23Cl2F2N5O3. The highest BCUT2D eigenvalue weighted by Crippen LogP contribution is 2.25. The van der Waals surface area contributed by atoms with E-state index < -0.39 is 35.2 Å². The second-order valence-electron chi connectivity index (χ2n) is 8.60. The smallest absolute Gasteiger partial charge is 0.324 e. The van der Waals surface area contributed by atoms with Crippen LogP contribution >= 0.6 is 23.2 Å². The van der Waals surface area contributed by atoms with Crippen LogP contribution in [0, 0.1) is 11.6 Å². The van der Waals surface area contributed by atoms with E-state index in [1.807, 2.05) is 0 Å². The molecule has 35 heavy (non-hydrogen) atoms. The zero-order chi connectivity index (χ0) is 25.8. The van der Waals surface area contributed by atoms with Gasteiger partial charge >= 0.3 is 5.97 Å². The Kier molecular flexibility index (Phi) is 8.42. The summed E-state index contributed by atoms with van der Waals surface area (Å²) in [7, 11) is 0. The molecule has 0 bridgehead atoms. The molecule has 1 amide bonds. The zero-order valence-corrected chi connectivity index (χ0v) is 20.6. The monoisotopic (exact) mass is 525 g/mol. The van der Waals surface area contributed by atoms with Crippen LogP contribution in [0.2, 0.25) is 10.2 Å². The molecule has 2 N–H and O–H groups in total. The van der Waals surface area contributed by atoms with Crippen LogP contribution in [0.5, 0.6) is 0 Å². The van der Waals surface area contributed by atoms with Crippen LogP contribution in [0.15, 0.2) is 42.6 Å². The summed E-state index contributed by atoms with van der Waals surface area (Å²) in [4.78, 5) is 25.5. The van der Waals surface area contributed by atoms with Gasteiger partial charge in [0.15, 0.2) is 5.15 Å². The predicted molar refractivity (Wildman–Crippen MR) is 128 cm³/mol. The Morgan fingerprint density at radius 3 is 2.51 bits per heavy atom. The van der Waals surface area contributed by atoms with E-state index in [4.69, 9.17) is 27.9 Å². The van der Waals surface area contributed by atoms with Crippen molar-refractivity contribution in [3.05, 3.63) is 70.0 Å². The minimum atomic E-state index is -1.08. The average Bonchev–Trinajstić information content (AvgIpc) is 3.17. The summed E-state index contributed by atoms with van der Waals surface area (Å²) in [5.41, 5.74) is 0.0638. The lowest BCUT2D eigenvalue weighted by Gasteiger charge is -2.25. The number of esters is 1. The molecule has 1 atom stereocenters. The molecule has 0 aliphatic carbocycles. The maximum Gasteiger partial charge on any atom is 0.324 e. The van der Waals surface area contributed by atoms with E-state index in [0.29, 0.717) is 16.4 Å². The third-order valence-electron chi connectivity index (χ3n) is 4.58. The molecule has 0 saturated carbocycles. The molecule has 0 saturated heterocycles. The zero-order valence-electron chi connectivity index (χ0n) is 19.1. The van der Waals surface area contributed by atoms with Crippen LogP contribution in [0.4, 0.5) is 14.5 Å². The van der Waals surface area contributed by atoms with Crippen LogP contribution < -0.4 is 10.6 Å². The molecule has 0 fully saturated rings. The molecule has 1 unspecified atom stereocenters. The first kappa shape index (κ1) is 26.5. The van der Waals surface area contributed by atoms with Gasteiger partial charge in [0, 0.05) is 17.5 Å². The van der Waals surface area contributed by atoms with Crippen LogP contribution in [0.3, 0.4) is 0 Å². The Morgan fingerprint density at radius 2 is 1.89 bits per heavy atom. The average molecular weight is 526 g/mol. The van der Waals surface area contributed by atoms with Crippen LogP contribution in [-0.2, 0) is 20.7 Å². The fourth-order valence-corrected chi connectivity index (χ4v) is 3.40. The van der Waals surface area contributed by atoms with E-state index in [-0.39, 0.29) is 23.7 Å². The molecule has 186 valence electrons. The first-order valence-electron chi connectivity index (χ1n) is 10.5. The van der Waals surface area contributed by atoms with Gasteiger partial charge in [0.05, 0.1) is 24.1 Å². The predicted octanol–water partition coefficient (Wildman–Crippen LogP) is 4.33. The van der Waals surface area contributed by atoms with Gasteiger partial charge in [0.1, 0.15) is 23.3 Å². The highest BCUT2D eigenvalue weighted by atomic mass is 35.5. The Balaban J connectivity index is 1.75. The van der Waals surface area contributed by atoms with Gasteiger partial charge in [-0.3, -0.25) is 14.9 Å². The molecule has 0 spiro atoms.